The van der Waals surface area contributed by atoms with Crippen LogP contribution in [0.4, 0.5) is 0 Å². The average Bonchev–Trinajstić information content (AvgIpc) is 2.84. The molecule has 6 heteroatoms. The Morgan fingerprint density at radius 1 is 1.36 bits per heavy atom. The van der Waals surface area contributed by atoms with Gasteiger partial charge in [0.15, 0.2) is 0 Å². The predicted octanol–water partition coefficient (Wildman–Crippen LogP) is 0.902. The summed E-state index contributed by atoms with van der Waals surface area (Å²) in [6, 6.07) is 4.37. The van der Waals surface area contributed by atoms with E-state index in [9.17, 15) is 14.4 Å². The van der Waals surface area contributed by atoms with Gasteiger partial charge in [0.05, 0.1) is 0 Å². The number of nitrogens with zero attached hydrogens (tertiary/aromatic N) is 1. The van der Waals surface area contributed by atoms with Crippen molar-refractivity contribution >= 4 is 17.7 Å². The number of hydrogen-bond donors (Lipinski definition) is 2. The van der Waals surface area contributed by atoms with E-state index in [1.807, 2.05) is 13.8 Å². The normalized spacial score (nSPS) is 14.5. The van der Waals surface area contributed by atoms with Crippen molar-refractivity contribution in [1.29, 1.82) is 0 Å². The van der Waals surface area contributed by atoms with Crippen molar-refractivity contribution in [3.8, 4) is 0 Å². The molecule has 1 aromatic rings. The maximum Gasteiger partial charge on any atom is 0.254 e. The van der Waals surface area contributed by atoms with Crippen molar-refractivity contribution in [2.75, 3.05) is 7.05 Å². The number of fused-ring (bicyclic) bond motifs is 1. The summed E-state index contributed by atoms with van der Waals surface area (Å²) >= 11 is 0. The fraction of sp³-hybridized carbons (Fsp3) is 0.438. The van der Waals surface area contributed by atoms with E-state index in [4.69, 9.17) is 5.73 Å². The van der Waals surface area contributed by atoms with Gasteiger partial charge >= 0.3 is 0 Å². The minimum Gasteiger partial charge on any atom is -0.368 e. The molecule has 1 aliphatic rings. The Labute approximate surface area is 129 Å². The molecular formula is C16H21N3O3. The van der Waals surface area contributed by atoms with Crippen molar-refractivity contribution in [1.82, 2.24) is 10.2 Å². The van der Waals surface area contributed by atoms with E-state index in [1.54, 1.807) is 25.2 Å². The number of carbonyl (C=O) groups is 3. The van der Waals surface area contributed by atoms with Crippen LogP contribution in [0.1, 0.15) is 46.5 Å². The van der Waals surface area contributed by atoms with Gasteiger partial charge in [0.1, 0.15) is 6.04 Å². The lowest BCUT2D eigenvalue weighted by Crippen LogP contribution is -2.46. The molecule has 6 nitrogen and oxygen atoms in total. The van der Waals surface area contributed by atoms with Crippen LogP contribution in [0.3, 0.4) is 0 Å². The van der Waals surface area contributed by atoms with Gasteiger partial charge in [0.25, 0.3) is 11.8 Å². The summed E-state index contributed by atoms with van der Waals surface area (Å²) in [6.45, 7) is 4.27. The van der Waals surface area contributed by atoms with Crippen LogP contribution in [0.15, 0.2) is 18.2 Å². The highest BCUT2D eigenvalue weighted by Gasteiger charge is 2.30. The quantitative estimate of drug-likeness (QED) is 0.846. The molecule has 1 heterocycles. The van der Waals surface area contributed by atoms with Gasteiger partial charge in [0.2, 0.25) is 5.91 Å². The summed E-state index contributed by atoms with van der Waals surface area (Å²) < 4.78 is 0. The van der Waals surface area contributed by atoms with E-state index >= 15 is 0 Å². The summed E-state index contributed by atoms with van der Waals surface area (Å²) in [5.41, 5.74) is 7.07. The molecule has 0 bridgehead atoms. The fourth-order valence-corrected chi connectivity index (χ4v) is 2.70. The molecule has 0 saturated heterocycles. The van der Waals surface area contributed by atoms with Gasteiger partial charge in [-0.15, -0.1) is 0 Å². The highest BCUT2D eigenvalue weighted by Crippen LogP contribution is 2.22. The van der Waals surface area contributed by atoms with Crippen molar-refractivity contribution in [2.45, 2.75) is 32.9 Å². The Morgan fingerprint density at radius 2 is 2.05 bits per heavy atom. The molecule has 0 aliphatic carbocycles. The molecule has 0 fully saturated rings. The number of likely N-dealkylation sites (N-methyl/N-ethyl adjacent to an activating group) is 1. The first-order valence-corrected chi connectivity index (χ1v) is 7.29. The zero-order valence-corrected chi connectivity index (χ0v) is 13.1. The molecule has 3 N–H and O–H groups in total. The average molecular weight is 303 g/mol. The standard InChI is InChI=1S/C16H21N3O3/c1-9(2)7-13(14(17)20)19(3)16(22)11-6-4-5-10-12(11)8-18-15(10)21/h4-6,9,13H,7-8H2,1-3H3,(H2,17,20)(H,18,21)/t13-/m0/s1. The Balaban J connectivity index is 2.31. The summed E-state index contributed by atoms with van der Waals surface area (Å²) in [5.74, 6) is -0.762. The lowest BCUT2D eigenvalue weighted by atomic mass is 9.99. The van der Waals surface area contributed by atoms with Crippen LogP contribution in [0, 0.1) is 5.92 Å². The second kappa shape index (κ2) is 6.17. The lowest BCUT2D eigenvalue weighted by molar-refractivity contribution is -0.122. The van der Waals surface area contributed by atoms with Gasteiger partial charge in [-0.2, -0.15) is 0 Å². The second-order valence-electron chi connectivity index (χ2n) is 5.98. The van der Waals surface area contributed by atoms with Crippen LogP contribution in [0.5, 0.6) is 0 Å². The monoisotopic (exact) mass is 303 g/mol. The van der Waals surface area contributed by atoms with Crippen molar-refractivity contribution < 1.29 is 14.4 Å². The molecule has 1 aromatic carbocycles. The fourth-order valence-electron chi connectivity index (χ4n) is 2.70. The van der Waals surface area contributed by atoms with Crippen LogP contribution < -0.4 is 11.1 Å². The molecule has 22 heavy (non-hydrogen) atoms. The minimum absolute atomic E-state index is 0.180. The molecule has 118 valence electrons. The Morgan fingerprint density at radius 3 is 2.64 bits per heavy atom. The number of benzene rings is 1. The van der Waals surface area contributed by atoms with Crippen LogP contribution >= 0.6 is 0 Å². The third-order valence-corrected chi connectivity index (χ3v) is 3.89. The van der Waals surface area contributed by atoms with E-state index in [2.05, 4.69) is 5.32 Å². The molecule has 0 saturated carbocycles. The smallest absolute Gasteiger partial charge is 0.254 e. The van der Waals surface area contributed by atoms with Gasteiger partial charge < -0.3 is 16.0 Å². The van der Waals surface area contributed by atoms with Crippen LogP contribution in [0.2, 0.25) is 0 Å². The largest absolute Gasteiger partial charge is 0.368 e. The topological polar surface area (TPSA) is 92.5 Å². The number of primary amides is 1. The maximum absolute atomic E-state index is 12.7. The van der Waals surface area contributed by atoms with E-state index in [1.165, 1.54) is 4.90 Å². The molecule has 1 atom stereocenters. The molecule has 0 aromatic heterocycles. The summed E-state index contributed by atoms with van der Waals surface area (Å²) in [4.78, 5) is 37.4. The zero-order valence-electron chi connectivity index (χ0n) is 13.1. The Bertz CT molecular complexity index is 625. The molecule has 0 radical (unpaired) electrons. The van der Waals surface area contributed by atoms with Crippen molar-refractivity contribution in [3.05, 3.63) is 34.9 Å². The maximum atomic E-state index is 12.7. The number of hydrogen-bond acceptors (Lipinski definition) is 3. The van der Waals surface area contributed by atoms with E-state index in [0.717, 1.165) is 0 Å². The highest BCUT2D eigenvalue weighted by molar-refractivity contribution is 6.05. The van der Waals surface area contributed by atoms with Gasteiger partial charge in [0, 0.05) is 24.7 Å². The first-order valence-electron chi connectivity index (χ1n) is 7.29. The SMILES string of the molecule is CC(C)C[C@@H](C(N)=O)N(C)C(=O)c1cccc2c1CNC2=O. The van der Waals surface area contributed by atoms with E-state index < -0.39 is 11.9 Å². The Kier molecular flexibility index (Phi) is 4.49. The second-order valence-corrected chi connectivity index (χ2v) is 5.98. The zero-order chi connectivity index (χ0) is 16.4. The van der Waals surface area contributed by atoms with Crippen molar-refractivity contribution in [3.63, 3.8) is 0 Å². The van der Waals surface area contributed by atoms with Gasteiger partial charge in [-0.3, -0.25) is 14.4 Å². The van der Waals surface area contributed by atoms with E-state index in [-0.39, 0.29) is 17.7 Å². The molecule has 1 aliphatic heterocycles. The predicted molar refractivity (Wildman–Crippen MR) is 82.1 cm³/mol. The molecule has 0 spiro atoms. The number of amides is 3. The number of rotatable bonds is 5. The van der Waals surface area contributed by atoms with Crippen LogP contribution in [0.25, 0.3) is 0 Å². The first-order chi connectivity index (χ1) is 10.3. The number of carbonyl (C=O) groups excluding carboxylic acids is 3. The first kappa shape index (κ1) is 16.0. The number of nitrogens with two attached hydrogens (primary N) is 1. The molecule has 0 unspecified atom stereocenters. The van der Waals surface area contributed by atoms with Gasteiger partial charge in [-0.25, -0.2) is 0 Å². The summed E-state index contributed by atoms with van der Waals surface area (Å²) in [6.07, 6.45) is 0.504. The number of nitrogens with one attached hydrogen (secondary N) is 1. The third-order valence-electron chi connectivity index (χ3n) is 3.89. The molecule has 3 amide bonds. The van der Waals surface area contributed by atoms with Crippen molar-refractivity contribution in [2.24, 2.45) is 11.7 Å². The van der Waals surface area contributed by atoms with Gasteiger partial charge in [-0.1, -0.05) is 19.9 Å². The highest BCUT2D eigenvalue weighted by atomic mass is 16.2. The third kappa shape index (κ3) is 2.95. The lowest BCUT2D eigenvalue weighted by Gasteiger charge is -2.27. The Hall–Kier alpha value is -2.37. The molecule has 2 rings (SSSR count). The minimum atomic E-state index is -0.659. The summed E-state index contributed by atoms with van der Waals surface area (Å²) in [5, 5.41) is 2.70. The summed E-state index contributed by atoms with van der Waals surface area (Å²) in [7, 11) is 1.57. The van der Waals surface area contributed by atoms with E-state index in [0.29, 0.717) is 29.7 Å². The van der Waals surface area contributed by atoms with Crippen LogP contribution in [-0.4, -0.2) is 35.7 Å². The van der Waals surface area contributed by atoms with Crippen LogP contribution in [-0.2, 0) is 11.3 Å². The molecular weight excluding hydrogens is 282 g/mol. The van der Waals surface area contributed by atoms with Gasteiger partial charge in [-0.05, 0) is 30.0 Å².